The van der Waals surface area contributed by atoms with E-state index < -0.39 is 18.1 Å². The van der Waals surface area contributed by atoms with Crippen LogP contribution in [0, 0.1) is 18.8 Å². The van der Waals surface area contributed by atoms with Crippen molar-refractivity contribution in [1.82, 2.24) is 45.2 Å². The summed E-state index contributed by atoms with van der Waals surface area (Å²) in [5.74, 6) is 1.33. The van der Waals surface area contributed by atoms with Crippen molar-refractivity contribution in [2.75, 3.05) is 56.0 Å². The molecule has 7 heterocycles. The third-order valence-electron chi connectivity index (χ3n) is 13.7. The second kappa shape index (κ2) is 19.5. The highest BCUT2D eigenvalue weighted by molar-refractivity contribution is 7.13. The minimum Gasteiger partial charge on any atom is -0.507 e. The molecule has 17 heteroatoms. The number of piperidine rings is 2. The lowest BCUT2D eigenvalue weighted by Gasteiger charge is -2.37. The van der Waals surface area contributed by atoms with E-state index in [-0.39, 0.29) is 48.5 Å². The van der Waals surface area contributed by atoms with E-state index in [1.165, 1.54) is 4.90 Å². The molecule has 9 rings (SSSR count). The van der Waals surface area contributed by atoms with Crippen LogP contribution in [0.25, 0.3) is 32.7 Å². The molecule has 6 aromatic rings. The molecule has 0 spiro atoms. The summed E-state index contributed by atoms with van der Waals surface area (Å²) in [4.78, 5) is 40.0. The van der Waals surface area contributed by atoms with E-state index in [0.29, 0.717) is 22.9 Å². The first-order valence-electron chi connectivity index (χ1n) is 23.5. The second-order valence-corrected chi connectivity index (χ2v) is 19.4. The van der Waals surface area contributed by atoms with Crippen LogP contribution in [-0.2, 0) is 9.59 Å². The molecule has 3 aliphatic rings. The van der Waals surface area contributed by atoms with E-state index >= 15 is 0 Å². The van der Waals surface area contributed by atoms with Gasteiger partial charge in [0.05, 0.1) is 45.5 Å². The first-order valence-corrected chi connectivity index (χ1v) is 24.3. The number of aliphatic hydroxyl groups excluding tert-OH is 1. The number of hydrogen-bond acceptors (Lipinski definition) is 14. The second-order valence-electron chi connectivity index (χ2n) is 18.6. The molecule has 2 aromatic carbocycles. The normalized spacial score (nSPS) is 19.7. The molecule has 0 radical (unpaired) electrons. The number of phenolic OH excluding ortho intramolecular Hbond substituents is 1. The number of aliphatic hydroxyl groups is 1. The van der Waals surface area contributed by atoms with E-state index in [4.69, 9.17) is 9.62 Å². The summed E-state index contributed by atoms with van der Waals surface area (Å²) in [6.07, 6.45) is 3.35. The molecule has 4 aromatic heterocycles. The molecule has 0 saturated carbocycles. The van der Waals surface area contributed by atoms with Crippen LogP contribution >= 0.6 is 11.3 Å². The van der Waals surface area contributed by atoms with Gasteiger partial charge in [-0.05, 0) is 87.6 Å². The number of carbonyl (C=O) groups is 2. The molecule has 4 N–H and O–H groups in total. The SMILES string of the molecule is CCNc1nn(C2CCN(CC3CCN(c4cc(C(C(=O)N5C[C@H](O)C[C@H]5C(=O)N[C@@H](C)c5ccc(-c6scnc6C)cc5)C(C)C)on4)CC3)CC2)c2cc(-c3ccccc3O)nnc12. The first-order chi connectivity index (χ1) is 31.9. The van der Waals surface area contributed by atoms with Crippen LogP contribution < -0.4 is 15.5 Å². The van der Waals surface area contributed by atoms with Gasteiger partial charge in [0.1, 0.15) is 17.7 Å². The lowest BCUT2D eigenvalue weighted by Crippen LogP contribution is -2.48. The molecule has 3 aliphatic heterocycles. The van der Waals surface area contributed by atoms with E-state index in [2.05, 4.69) is 45.5 Å². The largest absolute Gasteiger partial charge is 0.507 e. The molecule has 0 aliphatic carbocycles. The van der Waals surface area contributed by atoms with Gasteiger partial charge in [0.2, 0.25) is 11.8 Å². The summed E-state index contributed by atoms with van der Waals surface area (Å²) < 4.78 is 8.05. The predicted molar refractivity (Wildman–Crippen MR) is 255 cm³/mol. The lowest BCUT2D eigenvalue weighted by atomic mass is 9.91. The molecule has 66 heavy (non-hydrogen) atoms. The Morgan fingerprint density at radius 2 is 1.73 bits per heavy atom. The lowest BCUT2D eigenvalue weighted by molar-refractivity contribution is -0.141. The summed E-state index contributed by atoms with van der Waals surface area (Å²) in [7, 11) is 0. The van der Waals surface area contributed by atoms with Crippen LogP contribution in [0.2, 0.25) is 0 Å². The van der Waals surface area contributed by atoms with Crippen molar-refractivity contribution in [2.45, 2.75) is 96.9 Å². The van der Waals surface area contributed by atoms with Crippen LogP contribution in [0.1, 0.15) is 94.8 Å². The number of anilines is 2. The number of carbonyl (C=O) groups excluding carboxylic acids is 2. The Labute approximate surface area is 389 Å². The molecule has 0 bridgehead atoms. The van der Waals surface area contributed by atoms with Gasteiger partial charge in [-0.25, -0.2) is 4.98 Å². The minimum atomic E-state index is -0.804. The van der Waals surface area contributed by atoms with Crippen molar-refractivity contribution < 1.29 is 24.3 Å². The number of hydrogen-bond donors (Lipinski definition) is 4. The van der Waals surface area contributed by atoms with Gasteiger partial charge in [0.15, 0.2) is 22.9 Å². The van der Waals surface area contributed by atoms with Crippen LogP contribution in [0.4, 0.5) is 11.6 Å². The number of aryl methyl sites for hydroxylation is 1. The maximum atomic E-state index is 14.4. The highest BCUT2D eigenvalue weighted by Crippen LogP contribution is 2.37. The summed E-state index contributed by atoms with van der Waals surface area (Å²) in [5.41, 5.74) is 7.77. The Bertz CT molecular complexity index is 2630. The molecule has 1 unspecified atom stereocenters. The van der Waals surface area contributed by atoms with Gasteiger partial charge in [-0.15, -0.1) is 21.5 Å². The Morgan fingerprint density at radius 3 is 2.42 bits per heavy atom. The van der Waals surface area contributed by atoms with Crippen molar-refractivity contribution in [3.8, 4) is 27.4 Å². The van der Waals surface area contributed by atoms with Gasteiger partial charge < -0.3 is 40.1 Å². The van der Waals surface area contributed by atoms with E-state index in [9.17, 15) is 19.8 Å². The number of aromatic hydroxyl groups is 1. The average molecular weight is 916 g/mol. The number of aromatic nitrogens is 6. The molecule has 2 amide bonds. The first kappa shape index (κ1) is 45.3. The van der Waals surface area contributed by atoms with E-state index in [0.717, 1.165) is 109 Å². The maximum absolute atomic E-state index is 14.4. The Hall–Kier alpha value is -5.91. The van der Waals surface area contributed by atoms with Crippen molar-refractivity contribution in [3.05, 3.63) is 83.2 Å². The van der Waals surface area contributed by atoms with Crippen LogP contribution in [0.15, 0.2) is 70.7 Å². The van der Waals surface area contributed by atoms with Crippen LogP contribution in [0.3, 0.4) is 0 Å². The number of likely N-dealkylation sites (tertiary alicyclic amines) is 2. The molecule has 16 nitrogen and oxygen atoms in total. The minimum absolute atomic E-state index is 0.0814. The number of para-hydroxylation sites is 1. The standard InChI is InChI=1S/C49H61N11O5S/c1-6-50-47-45-39(24-38(53-54-45)37-9-7-8-10-41(37)62)60(55-47)35-17-19-57(20-18-35)26-32-15-21-58(22-16-32)43-25-42(65-56-43)44(29(2)3)49(64)59-27-36(61)23-40(59)48(63)52-30(4)33-11-13-34(14-12-33)46-31(5)51-28-66-46/h7-14,24-25,28-30,32,35-36,40,44,61-62H,6,15-23,26-27H2,1-5H3,(H,50,55)(H,52,63)/t30-,36+,40-,44?/m0/s1. The Balaban J connectivity index is 0.784. The zero-order valence-electron chi connectivity index (χ0n) is 38.4. The number of amides is 2. The van der Waals surface area contributed by atoms with Crippen molar-refractivity contribution in [3.63, 3.8) is 0 Å². The number of nitrogens with zero attached hydrogens (tertiary/aromatic N) is 9. The summed E-state index contributed by atoms with van der Waals surface area (Å²) in [6, 6.07) is 18.3. The zero-order valence-corrected chi connectivity index (χ0v) is 39.2. The third-order valence-corrected chi connectivity index (χ3v) is 14.7. The highest BCUT2D eigenvalue weighted by Gasteiger charge is 2.44. The zero-order chi connectivity index (χ0) is 46.1. The molecule has 3 saturated heterocycles. The van der Waals surface area contributed by atoms with E-state index in [1.54, 1.807) is 23.5 Å². The maximum Gasteiger partial charge on any atom is 0.243 e. The number of phenols is 1. The Morgan fingerprint density at radius 1 is 0.970 bits per heavy atom. The Kier molecular flexibility index (Phi) is 13.4. The average Bonchev–Trinajstić information content (AvgIpc) is 4.14. The fourth-order valence-electron chi connectivity index (χ4n) is 10.1. The van der Waals surface area contributed by atoms with Crippen molar-refractivity contribution >= 4 is 45.8 Å². The van der Waals surface area contributed by atoms with Crippen molar-refractivity contribution in [2.24, 2.45) is 11.8 Å². The third kappa shape index (κ3) is 9.38. The number of rotatable bonds is 14. The fourth-order valence-corrected chi connectivity index (χ4v) is 10.9. The van der Waals surface area contributed by atoms with Gasteiger partial charge >= 0.3 is 0 Å². The molecular weight excluding hydrogens is 855 g/mol. The summed E-state index contributed by atoms with van der Waals surface area (Å²) in [5, 5.41) is 46.2. The van der Waals surface area contributed by atoms with Gasteiger partial charge in [-0.2, -0.15) is 5.10 Å². The highest BCUT2D eigenvalue weighted by atomic mass is 32.1. The van der Waals surface area contributed by atoms with E-state index in [1.807, 2.05) is 88.7 Å². The van der Waals surface area contributed by atoms with Crippen molar-refractivity contribution in [1.29, 1.82) is 0 Å². The fraction of sp³-hybridized carbons (Fsp3) is 0.490. The summed E-state index contributed by atoms with van der Waals surface area (Å²) in [6.45, 7) is 15.4. The number of thiazole rings is 1. The van der Waals surface area contributed by atoms with Crippen LogP contribution in [-0.4, -0.2) is 120 Å². The van der Waals surface area contributed by atoms with Gasteiger partial charge in [-0.3, -0.25) is 14.3 Å². The molecule has 3 fully saturated rings. The quantitative estimate of drug-likeness (QED) is 0.0861. The molecule has 348 valence electrons. The smallest absolute Gasteiger partial charge is 0.243 e. The topological polar surface area (TPSA) is 191 Å². The van der Waals surface area contributed by atoms with Gasteiger partial charge in [0.25, 0.3) is 0 Å². The molecule has 4 atom stereocenters. The summed E-state index contributed by atoms with van der Waals surface area (Å²) >= 11 is 1.60. The number of benzene rings is 2. The number of β-amino-alcohol motifs (C(OH)–C–C–N with tert-alkyl or cyclic N) is 1. The number of nitrogens with one attached hydrogen (secondary N) is 2. The monoisotopic (exact) mass is 915 g/mol. The van der Waals surface area contributed by atoms with Gasteiger partial charge in [0, 0.05) is 63.9 Å². The number of fused-ring (bicyclic) bond motifs is 1. The van der Waals surface area contributed by atoms with Gasteiger partial charge in [-0.1, -0.05) is 55.4 Å². The molecular formula is C49H61N11O5S. The predicted octanol–water partition coefficient (Wildman–Crippen LogP) is 7.18. The van der Waals surface area contributed by atoms with Crippen LogP contribution in [0.5, 0.6) is 5.75 Å².